The minimum atomic E-state index is 0.827. The Labute approximate surface area is 361 Å². The first-order valence-electron chi connectivity index (χ1n) is 21.2. The van der Waals surface area contributed by atoms with Gasteiger partial charge in [-0.05, 0) is 132 Å². The Balaban J connectivity index is 1.03. The van der Waals surface area contributed by atoms with Crippen LogP contribution < -0.4 is 9.64 Å². The molecular formula is C60H39NO. The number of nitrogens with zero attached hydrogens (tertiary/aromatic N) is 1. The molecule has 0 aliphatic carbocycles. The van der Waals surface area contributed by atoms with Crippen LogP contribution in [0, 0.1) is 0 Å². The third-order valence-corrected chi connectivity index (χ3v) is 12.5. The maximum absolute atomic E-state index is 7.02. The van der Waals surface area contributed by atoms with E-state index in [9.17, 15) is 0 Å². The van der Waals surface area contributed by atoms with Crippen LogP contribution in [0.15, 0.2) is 237 Å². The second kappa shape index (κ2) is 14.8. The minimum Gasteiger partial charge on any atom is -0.456 e. The lowest BCUT2D eigenvalue weighted by Gasteiger charge is -2.27. The fraction of sp³-hybridized carbons (Fsp3) is 0. The van der Waals surface area contributed by atoms with Gasteiger partial charge in [-0.3, -0.25) is 0 Å². The molecule has 0 amide bonds. The molecule has 0 fully saturated rings. The number of ether oxygens (including phenoxy) is 1. The predicted molar refractivity (Wildman–Crippen MR) is 261 cm³/mol. The monoisotopic (exact) mass is 789 g/mol. The summed E-state index contributed by atoms with van der Waals surface area (Å²) in [7, 11) is 0. The summed E-state index contributed by atoms with van der Waals surface area (Å²) in [5.41, 5.74) is 14.7. The van der Waals surface area contributed by atoms with Crippen molar-refractivity contribution >= 4 is 49.4 Å². The van der Waals surface area contributed by atoms with E-state index in [4.69, 9.17) is 4.74 Å². The molecule has 2 heteroatoms. The van der Waals surface area contributed by atoms with Gasteiger partial charge < -0.3 is 9.64 Å². The Morgan fingerprint density at radius 1 is 0.258 bits per heavy atom. The number of benzene rings is 11. The molecule has 11 aromatic carbocycles. The largest absolute Gasteiger partial charge is 0.456 e. The van der Waals surface area contributed by atoms with E-state index < -0.39 is 0 Å². The average Bonchev–Trinajstić information content (AvgIpc) is 3.49. The van der Waals surface area contributed by atoms with Crippen molar-refractivity contribution in [3.05, 3.63) is 237 Å². The lowest BCUT2D eigenvalue weighted by Crippen LogP contribution is -2.10. The van der Waals surface area contributed by atoms with Gasteiger partial charge in [0.1, 0.15) is 11.5 Å². The lowest BCUT2D eigenvalue weighted by atomic mass is 9.89. The predicted octanol–water partition coefficient (Wildman–Crippen LogP) is 17.1. The van der Waals surface area contributed by atoms with Crippen molar-refractivity contribution in [2.75, 3.05) is 4.90 Å². The van der Waals surface area contributed by atoms with Gasteiger partial charge in [0.15, 0.2) is 0 Å². The van der Waals surface area contributed by atoms with Crippen LogP contribution in [0.4, 0.5) is 17.1 Å². The topological polar surface area (TPSA) is 12.5 Å². The summed E-state index contributed by atoms with van der Waals surface area (Å²) < 4.78 is 7.02. The van der Waals surface area contributed by atoms with Gasteiger partial charge in [-0.1, -0.05) is 176 Å². The van der Waals surface area contributed by atoms with E-state index in [0.717, 1.165) is 56.4 Å². The Morgan fingerprint density at radius 2 is 0.790 bits per heavy atom. The smallest absolute Gasteiger partial charge is 0.135 e. The maximum atomic E-state index is 7.02. The van der Waals surface area contributed by atoms with Crippen molar-refractivity contribution in [2.45, 2.75) is 0 Å². The van der Waals surface area contributed by atoms with Gasteiger partial charge >= 0.3 is 0 Å². The Kier molecular flexibility index (Phi) is 8.53. The van der Waals surface area contributed by atoms with E-state index in [2.05, 4.69) is 241 Å². The lowest BCUT2D eigenvalue weighted by molar-refractivity contribution is 0.488. The standard InChI is InChI=1S/C60H39NO/c1-3-13-40(14-4-1)42-23-29-47(30-24-42)61(48-31-25-44(26-32-48)56-37-46-18-8-9-19-50(46)52-21-11-12-22-53(52)56)49-33-36-58-57(39-49)60-51-20-10-7-17-43(51)27-35-55(60)54-34-28-45(38-59(54)62-58)41-15-5-2-6-16-41/h1-39H. The Bertz CT molecular complexity index is 3460. The number of hydrogen-bond donors (Lipinski definition) is 0. The molecule has 0 radical (unpaired) electrons. The van der Waals surface area contributed by atoms with Gasteiger partial charge in [0, 0.05) is 33.8 Å². The molecule has 0 atom stereocenters. The van der Waals surface area contributed by atoms with Gasteiger partial charge in [-0.25, -0.2) is 0 Å². The quantitative estimate of drug-likeness (QED) is 0.156. The highest BCUT2D eigenvalue weighted by Crippen LogP contribution is 2.52. The molecule has 0 aromatic heterocycles. The third kappa shape index (κ3) is 6.12. The first-order chi connectivity index (χ1) is 30.7. The number of rotatable bonds is 6. The van der Waals surface area contributed by atoms with Crippen molar-refractivity contribution in [1.29, 1.82) is 0 Å². The van der Waals surface area contributed by atoms with E-state index >= 15 is 0 Å². The Morgan fingerprint density at radius 3 is 1.52 bits per heavy atom. The first-order valence-corrected chi connectivity index (χ1v) is 21.2. The summed E-state index contributed by atoms with van der Waals surface area (Å²) in [5, 5.41) is 7.41. The number of anilines is 3. The Hall–Kier alpha value is -8.20. The second-order valence-corrected chi connectivity index (χ2v) is 16.1. The first kappa shape index (κ1) is 35.7. The molecule has 1 aliphatic heterocycles. The molecule has 0 unspecified atom stereocenters. The molecule has 1 heterocycles. The van der Waals surface area contributed by atoms with Crippen LogP contribution in [-0.2, 0) is 0 Å². The summed E-state index contributed by atoms with van der Waals surface area (Å²) in [5.74, 6) is 1.67. The van der Waals surface area contributed by atoms with Crippen LogP contribution in [0.25, 0.3) is 88.0 Å². The number of fused-ring (bicyclic) bond motifs is 10. The van der Waals surface area contributed by atoms with Crippen LogP contribution in [-0.4, -0.2) is 0 Å². The highest BCUT2D eigenvalue weighted by molar-refractivity contribution is 6.14. The molecule has 2 nitrogen and oxygen atoms in total. The van der Waals surface area contributed by atoms with E-state index in [-0.39, 0.29) is 0 Å². The van der Waals surface area contributed by atoms with Crippen molar-refractivity contribution in [3.63, 3.8) is 0 Å². The normalized spacial score (nSPS) is 11.7. The van der Waals surface area contributed by atoms with Crippen molar-refractivity contribution in [1.82, 2.24) is 0 Å². The van der Waals surface area contributed by atoms with Gasteiger partial charge in [0.05, 0.1) is 0 Å². The van der Waals surface area contributed by atoms with Gasteiger partial charge in [0.25, 0.3) is 0 Å². The van der Waals surface area contributed by atoms with E-state index in [0.29, 0.717) is 0 Å². The zero-order valence-electron chi connectivity index (χ0n) is 33.9. The van der Waals surface area contributed by atoms with Crippen molar-refractivity contribution < 1.29 is 4.74 Å². The summed E-state index contributed by atoms with van der Waals surface area (Å²) >= 11 is 0. The summed E-state index contributed by atoms with van der Waals surface area (Å²) in [6.07, 6.45) is 0. The summed E-state index contributed by atoms with van der Waals surface area (Å²) in [6, 6.07) is 85.3. The zero-order chi connectivity index (χ0) is 41.0. The summed E-state index contributed by atoms with van der Waals surface area (Å²) in [4.78, 5) is 2.37. The molecule has 12 rings (SSSR count). The highest BCUT2D eigenvalue weighted by Gasteiger charge is 2.25. The fourth-order valence-corrected chi connectivity index (χ4v) is 9.45. The van der Waals surface area contributed by atoms with Gasteiger partial charge in [-0.2, -0.15) is 0 Å². The molecule has 0 bridgehead atoms. The van der Waals surface area contributed by atoms with E-state index in [1.807, 2.05) is 0 Å². The molecular weight excluding hydrogens is 751 g/mol. The minimum absolute atomic E-state index is 0.827. The molecule has 1 aliphatic rings. The van der Waals surface area contributed by atoms with Gasteiger partial charge in [-0.15, -0.1) is 0 Å². The van der Waals surface area contributed by atoms with Crippen molar-refractivity contribution in [3.8, 4) is 67.1 Å². The zero-order valence-corrected chi connectivity index (χ0v) is 33.9. The van der Waals surface area contributed by atoms with Crippen molar-refractivity contribution in [2.24, 2.45) is 0 Å². The van der Waals surface area contributed by atoms with Gasteiger partial charge in [0.2, 0.25) is 0 Å². The SMILES string of the molecule is c1ccc(-c2ccc(N(c3ccc(-c4cc5ccccc5c5ccccc45)cc3)c3ccc4c(c3)-c3c(ccc5ccccc35)-c3ccc(-c5ccccc5)cc3O4)cc2)cc1. The van der Waals surface area contributed by atoms with E-state index in [1.54, 1.807) is 0 Å². The second-order valence-electron chi connectivity index (χ2n) is 16.1. The van der Waals surface area contributed by atoms with Crippen LogP contribution in [0.5, 0.6) is 11.5 Å². The molecule has 0 saturated heterocycles. The molecule has 0 saturated carbocycles. The molecule has 0 N–H and O–H groups in total. The molecule has 290 valence electrons. The molecule has 0 spiro atoms. The molecule has 11 aromatic rings. The average molecular weight is 790 g/mol. The highest BCUT2D eigenvalue weighted by atomic mass is 16.5. The summed E-state index contributed by atoms with van der Waals surface area (Å²) in [6.45, 7) is 0. The maximum Gasteiger partial charge on any atom is 0.135 e. The van der Waals surface area contributed by atoms with E-state index in [1.165, 1.54) is 60.1 Å². The fourth-order valence-electron chi connectivity index (χ4n) is 9.45. The van der Waals surface area contributed by atoms with Crippen LogP contribution in [0.2, 0.25) is 0 Å². The van der Waals surface area contributed by atoms with Crippen LogP contribution >= 0.6 is 0 Å². The number of hydrogen-bond acceptors (Lipinski definition) is 2. The van der Waals surface area contributed by atoms with Crippen LogP contribution in [0.1, 0.15) is 0 Å². The van der Waals surface area contributed by atoms with Crippen LogP contribution in [0.3, 0.4) is 0 Å². The molecule has 62 heavy (non-hydrogen) atoms. The third-order valence-electron chi connectivity index (χ3n) is 12.5.